The van der Waals surface area contributed by atoms with Gasteiger partial charge in [-0.3, -0.25) is 9.13 Å². The first-order valence-corrected chi connectivity index (χ1v) is 13.0. The molecule has 0 spiro atoms. The number of nitrogens with zero attached hydrogens (tertiary/aromatic N) is 8. The SMILES string of the molecule is Cc1nc(N)c2ncn([C@]3(C)O[C@H](CO)[C@@H](O)[C@H]3O)c2n1.Cc1nc(N)c2ncn([C@]3(C)O[C@H](CO)[C@@H](O)[C@H]3O)c2n1. The van der Waals surface area contributed by atoms with E-state index < -0.39 is 61.3 Å². The molecule has 0 aliphatic carbocycles. The normalized spacial score (nSPS) is 32.9. The minimum Gasteiger partial charge on any atom is -0.394 e. The number of hydrogen-bond donors (Lipinski definition) is 8. The number of aromatic nitrogens is 8. The molecule has 4 aromatic rings. The van der Waals surface area contributed by atoms with Crippen molar-refractivity contribution in [2.24, 2.45) is 0 Å². The molecular weight excluding hydrogens is 556 g/mol. The predicted molar refractivity (Wildman–Crippen MR) is 144 cm³/mol. The highest BCUT2D eigenvalue weighted by atomic mass is 16.6. The zero-order valence-corrected chi connectivity index (χ0v) is 23.3. The molecule has 2 aliphatic heterocycles. The van der Waals surface area contributed by atoms with Gasteiger partial charge in [0.15, 0.2) is 34.4 Å². The summed E-state index contributed by atoms with van der Waals surface area (Å²) < 4.78 is 14.2. The minimum absolute atomic E-state index is 0.228. The van der Waals surface area contributed by atoms with Gasteiger partial charge in [-0.2, -0.15) is 0 Å². The quantitative estimate of drug-likeness (QED) is 0.118. The van der Waals surface area contributed by atoms with E-state index in [2.05, 4.69) is 29.9 Å². The summed E-state index contributed by atoms with van der Waals surface area (Å²) in [4.78, 5) is 24.9. The molecule has 42 heavy (non-hydrogen) atoms. The number of nitrogen functional groups attached to an aromatic ring is 2. The Morgan fingerprint density at radius 1 is 0.714 bits per heavy atom. The van der Waals surface area contributed by atoms with E-state index in [1.54, 1.807) is 27.7 Å². The largest absolute Gasteiger partial charge is 0.394 e. The highest BCUT2D eigenvalue weighted by molar-refractivity contribution is 5.82. The molecule has 0 saturated carbocycles. The molecule has 228 valence electrons. The number of imidazole rings is 2. The number of aliphatic hydroxyl groups excluding tert-OH is 6. The second kappa shape index (κ2) is 10.6. The van der Waals surface area contributed by atoms with E-state index in [0.717, 1.165) is 0 Å². The molecule has 0 unspecified atom stereocenters. The number of hydrogen-bond acceptors (Lipinski definition) is 16. The first-order chi connectivity index (χ1) is 19.8. The Labute approximate surface area is 238 Å². The molecule has 4 aromatic heterocycles. The minimum atomic E-state index is -1.31. The highest BCUT2D eigenvalue weighted by Gasteiger charge is 2.54. The van der Waals surface area contributed by atoms with Crippen LogP contribution in [0.15, 0.2) is 12.7 Å². The topological polar surface area (TPSA) is 279 Å². The van der Waals surface area contributed by atoms with Crippen LogP contribution in [0.3, 0.4) is 0 Å². The van der Waals surface area contributed by atoms with Crippen molar-refractivity contribution < 1.29 is 40.1 Å². The van der Waals surface area contributed by atoms with Gasteiger partial charge in [-0.25, -0.2) is 29.9 Å². The zero-order chi connectivity index (χ0) is 30.7. The molecule has 8 atom stereocenters. The first kappa shape index (κ1) is 29.9. The van der Waals surface area contributed by atoms with Crippen LogP contribution < -0.4 is 11.5 Å². The van der Waals surface area contributed by atoms with Crippen LogP contribution in [-0.2, 0) is 20.9 Å². The molecular formula is C24H34N10O8. The Kier molecular flexibility index (Phi) is 7.52. The maximum absolute atomic E-state index is 10.3. The van der Waals surface area contributed by atoms with Crippen LogP contribution in [0.25, 0.3) is 22.3 Å². The fraction of sp³-hybridized carbons (Fsp3) is 0.583. The van der Waals surface area contributed by atoms with Gasteiger partial charge in [-0.1, -0.05) is 0 Å². The molecule has 0 radical (unpaired) electrons. The third-order valence-electron chi connectivity index (χ3n) is 7.67. The van der Waals surface area contributed by atoms with Crippen molar-refractivity contribution in [1.82, 2.24) is 39.0 Å². The van der Waals surface area contributed by atoms with Crippen molar-refractivity contribution in [3.63, 3.8) is 0 Å². The van der Waals surface area contributed by atoms with Crippen molar-refractivity contribution >= 4 is 34.0 Å². The number of rotatable bonds is 4. The monoisotopic (exact) mass is 590 g/mol. The lowest BCUT2D eigenvalue weighted by atomic mass is 10.0. The summed E-state index contributed by atoms with van der Waals surface area (Å²) in [6.07, 6.45) is -3.84. The van der Waals surface area contributed by atoms with Gasteiger partial charge in [-0.15, -0.1) is 0 Å². The Morgan fingerprint density at radius 3 is 1.38 bits per heavy atom. The van der Waals surface area contributed by atoms with Gasteiger partial charge in [0.2, 0.25) is 0 Å². The van der Waals surface area contributed by atoms with Crippen molar-refractivity contribution in [2.45, 2.75) is 75.8 Å². The van der Waals surface area contributed by atoms with Gasteiger partial charge in [0.05, 0.1) is 25.9 Å². The highest BCUT2D eigenvalue weighted by Crippen LogP contribution is 2.38. The zero-order valence-electron chi connectivity index (χ0n) is 23.3. The van der Waals surface area contributed by atoms with E-state index in [0.29, 0.717) is 34.0 Å². The Balaban J connectivity index is 0.000000168. The number of ether oxygens (including phenoxy) is 2. The lowest BCUT2D eigenvalue weighted by Crippen LogP contribution is -2.43. The molecule has 6 heterocycles. The maximum Gasteiger partial charge on any atom is 0.173 e. The average molecular weight is 591 g/mol. The van der Waals surface area contributed by atoms with Crippen LogP contribution in [0, 0.1) is 13.8 Å². The van der Waals surface area contributed by atoms with Gasteiger partial charge < -0.3 is 51.6 Å². The van der Waals surface area contributed by atoms with Gasteiger partial charge in [0.25, 0.3) is 0 Å². The molecule has 0 amide bonds. The van der Waals surface area contributed by atoms with Crippen LogP contribution in [0.4, 0.5) is 11.6 Å². The van der Waals surface area contributed by atoms with E-state index in [1.165, 1.54) is 21.8 Å². The fourth-order valence-corrected chi connectivity index (χ4v) is 5.34. The second-order valence-corrected chi connectivity index (χ2v) is 10.5. The van der Waals surface area contributed by atoms with Crippen molar-refractivity contribution in [2.75, 3.05) is 24.7 Å². The third kappa shape index (κ3) is 4.52. The smallest absolute Gasteiger partial charge is 0.173 e. The van der Waals surface area contributed by atoms with Crippen LogP contribution in [-0.4, -0.2) is 120 Å². The summed E-state index contributed by atoms with van der Waals surface area (Å²) >= 11 is 0. The molecule has 6 rings (SSSR count). The summed E-state index contributed by atoms with van der Waals surface area (Å²) in [6.45, 7) is 5.74. The lowest BCUT2D eigenvalue weighted by molar-refractivity contribution is -0.132. The van der Waals surface area contributed by atoms with Gasteiger partial charge in [0.1, 0.15) is 59.3 Å². The molecule has 0 bridgehead atoms. The number of anilines is 2. The molecule has 18 heteroatoms. The van der Waals surface area contributed by atoms with Crippen LogP contribution in [0.2, 0.25) is 0 Å². The van der Waals surface area contributed by atoms with Crippen molar-refractivity contribution in [3.05, 3.63) is 24.3 Å². The Morgan fingerprint density at radius 2 is 1.07 bits per heavy atom. The van der Waals surface area contributed by atoms with Crippen molar-refractivity contribution in [3.8, 4) is 0 Å². The summed E-state index contributed by atoms with van der Waals surface area (Å²) in [5.41, 5.74) is 10.6. The van der Waals surface area contributed by atoms with E-state index in [-0.39, 0.29) is 11.6 Å². The third-order valence-corrected chi connectivity index (χ3v) is 7.67. The lowest BCUT2D eigenvalue weighted by Gasteiger charge is -2.29. The number of nitrogens with two attached hydrogens (primary N) is 2. The second-order valence-electron chi connectivity index (χ2n) is 10.5. The fourth-order valence-electron chi connectivity index (χ4n) is 5.34. The number of aryl methyl sites for hydroxylation is 2. The van der Waals surface area contributed by atoms with E-state index in [9.17, 15) is 30.6 Å². The Hall–Kier alpha value is -3.62. The molecule has 0 aromatic carbocycles. The Bertz CT molecular complexity index is 1500. The summed E-state index contributed by atoms with van der Waals surface area (Å²) in [5, 5.41) is 58.9. The molecule has 2 aliphatic rings. The molecule has 2 fully saturated rings. The van der Waals surface area contributed by atoms with E-state index in [4.69, 9.17) is 20.9 Å². The van der Waals surface area contributed by atoms with E-state index in [1.807, 2.05) is 0 Å². The average Bonchev–Trinajstić information content (AvgIpc) is 3.67. The maximum atomic E-state index is 10.3. The van der Waals surface area contributed by atoms with Crippen LogP contribution >= 0.6 is 0 Å². The predicted octanol–water partition coefficient (Wildman–Crippen LogP) is -2.99. The summed E-state index contributed by atoms with van der Waals surface area (Å²) in [6, 6.07) is 0. The van der Waals surface area contributed by atoms with Crippen molar-refractivity contribution in [1.29, 1.82) is 0 Å². The number of fused-ring (bicyclic) bond motifs is 2. The van der Waals surface area contributed by atoms with E-state index >= 15 is 0 Å². The van der Waals surface area contributed by atoms with Gasteiger partial charge in [0, 0.05) is 0 Å². The molecule has 10 N–H and O–H groups in total. The van der Waals surface area contributed by atoms with Gasteiger partial charge >= 0.3 is 0 Å². The van der Waals surface area contributed by atoms with Crippen LogP contribution in [0.5, 0.6) is 0 Å². The van der Waals surface area contributed by atoms with Crippen LogP contribution in [0.1, 0.15) is 25.5 Å². The molecule has 18 nitrogen and oxygen atoms in total. The number of aliphatic hydroxyl groups is 6. The standard InChI is InChI=1S/2C12H17N5O4/c2*1-5-15-10(13)7-11(16-5)17(4-14-7)12(2)9(20)8(19)6(3-18)21-12/h2*4,6,8-9,18-20H,3H2,1-2H3,(H2,13,15,16)/t2*6-,8-,9-,12-/m11/s1. The molecule has 2 saturated heterocycles. The summed E-state index contributed by atoms with van der Waals surface area (Å²) in [7, 11) is 0. The first-order valence-electron chi connectivity index (χ1n) is 13.0. The summed E-state index contributed by atoms with van der Waals surface area (Å²) in [5.74, 6) is 1.37. The van der Waals surface area contributed by atoms with Gasteiger partial charge in [-0.05, 0) is 27.7 Å².